The molecule has 0 saturated heterocycles. The second-order valence-electron chi connectivity index (χ2n) is 7.23. The highest BCUT2D eigenvalue weighted by atomic mass is 32.2. The highest BCUT2D eigenvalue weighted by Gasteiger charge is 2.25. The minimum absolute atomic E-state index is 0.0931. The zero-order valence-corrected chi connectivity index (χ0v) is 14.8. The number of thiazole rings is 1. The van der Waals surface area contributed by atoms with E-state index >= 15 is 0 Å². The molecule has 0 aliphatic rings. The van der Waals surface area contributed by atoms with Gasteiger partial charge in [0.2, 0.25) is 0 Å². The van der Waals surface area contributed by atoms with Gasteiger partial charge in [0, 0.05) is 5.54 Å². The van der Waals surface area contributed by atoms with Crippen molar-refractivity contribution in [3.05, 3.63) is 23.8 Å². The highest BCUT2D eigenvalue weighted by molar-refractivity contribution is 7.99. The van der Waals surface area contributed by atoms with E-state index in [4.69, 9.17) is 4.98 Å². The largest absolute Gasteiger partial charge is 0.252 e. The molecule has 1 aromatic heterocycles. The van der Waals surface area contributed by atoms with Crippen LogP contribution in [0, 0.1) is 12.3 Å². The van der Waals surface area contributed by atoms with Crippen molar-refractivity contribution in [2.75, 3.05) is 0 Å². The van der Waals surface area contributed by atoms with Crippen LogP contribution < -0.4 is 4.72 Å². The van der Waals surface area contributed by atoms with Crippen molar-refractivity contribution in [2.45, 2.75) is 57.8 Å². The first-order chi connectivity index (χ1) is 9.16. The monoisotopic (exact) mass is 308 g/mol. The highest BCUT2D eigenvalue weighted by Crippen LogP contribution is 2.33. The molecule has 0 fully saturated rings. The van der Waals surface area contributed by atoms with Crippen LogP contribution in [0.4, 0.5) is 0 Å². The SMILES string of the molecule is Cc1cccc2sc(SNC(C)(C)CC(C)(C)C)nc12. The zero-order valence-electron chi connectivity index (χ0n) is 13.2. The maximum atomic E-state index is 4.73. The molecular formula is C16H24N2S2. The first-order valence-electron chi connectivity index (χ1n) is 6.96. The Balaban J connectivity index is 2.07. The Bertz CT molecular complexity index is 594. The molecule has 1 N–H and O–H groups in total. The molecule has 0 spiro atoms. The summed E-state index contributed by atoms with van der Waals surface area (Å²) in [6, 6.07) is 6.36. The zero-order chi connectivity index (χ0) is 15.0. The van der Waals surface area contributed by atoms with Crippen LogP contribution in [0.15, 0.2) is 22.5 Å². The third kappa shape index (κ3) is 4.21. The van der Waals surface area contributed by atoms with Crippen molar-refractivity contribution in [2.24, 2.45) is 5.41 Å². The van der Waals surface area contributed by atoms with Gasteiger partial charge in [-0.05, 0) is 56.2 Å². The molecule has 2 aromatic rings. The summed E-state index contributed by atoms with van der Waals surface area (Å²) in [5.41, 5.74) is 2.80. The van der Waals surface area contributed by atoms with E-state index < -0.39 is 0 Å². The second kappa shape index (κ2) is 5.66. The molecule has 0 aliphatic carbocycles. The lowest BCUT2D eigenvalue weighted by molar-refractivity contribution is 0.274. The van der Waals surface area contributed by atoms with E-state index in [2.05, 4.69) is 64.5 Å². The molecule has 0 amide bonds. The third-order valence-electron chi connectivity index (χ3n) is 2.99. The maximum Gasteiger partial charge on any atom is 0.166 e. The molecular weight excluding hydrogens is 284 g/mol. The summed E-state index contributed by atoms with van der Waals surface area (Å²) < 4.78 is 5.94. The van der Waals surface area contributed by atoms with Crippen LogP contribution in [-0.4, -0.2) is 10.5 Å². The molecule has 110 valence electrons. The topological polar surface area (TPSA) is 24.9 Å². The molecule has 0 bridgehead atoms. The van der Waals surface area contributed by atoms with Gasteiger partial charge in [-0.2, -0.15) is 0 Å². The van der Waals surface area contributed by atoms with E-state index in [9.17, 15) is 0 Å². The number of fused-ring (bicyclic) bond motifs is 1. The first-order valence-corrected chi connectivity index (χ1v) is 8.60. The number of rotatable bonds is 4. The number of aromatic nitrogens is 1. The Morgan fingerprint density at radius 2 is 1.90 bits per heavy atom. The summed E-state index contributed by atoms with van der Waals surface area (Å²) in [7, 11) is 0. The van der Waals surface area contributed by atoms with Gasteiger partial charge in [-0.15, -0.1) is 11.3 Å². The number of hydrogen-bond donors (Lipinski definition) is 1. The van der Waals surface area contributed by atoms with Gasteiger partial charge in [-0.3, -0.25) is 4.72 Å². The summed E-state index contributed by atoms with van der Waals surface area (Å²) >= 11 is 3.42. The Morgan fingerprint density at radius 3 is 2.50 bits per heavy atom. The van der Waals surface area contributed by atoms with Gasteiger partial charge >= 0.3 is 0 Å². The summed E-state index contributed by atoms with van der Waals surface area (Å²) in [6.45, 7) is 13.5. The van der Waals surface area contributed by atoms with E-state index in [1.54, 1.807) is 23.3 Å². The van der Waals surface area contributed by atoms with Gasteiger partial charge in [0.15, 0.2) is 4.34 Å². The van der Waals surface area contributed by atoms with E-state index in [1.807, 2.05) is 0 Å². The van der Waals surface area contributed by atoms with Crippen molar-refractivity contribution in [3.63, 3.8) is 0 Å². The fourth-order valence-corrected chi connectivity index (χ4v) is 4.56. The summed E-state index contributed by atoms with van der Waals surface area (Å²) in [4.78, 5) is 4.73. The van der Waals surface area contributed by atoms with Gasteiger partial charge < -0.3 is 0 Å². The number of nitrogens with zero attached hydrogens (tertiary/aromatic N) is 1. The minimum Gasteiger partial charge on any atom is -0.252 e. The predicted octanol–water partition coefficient (Wildman–Crippen LogP) is 5.42. The first kappa shape index (κ1) is 15.8. The standard InChI is InChI=1S/C16H24N2S2/c1-11-8-7-9-12-13(11)17-14(19-12)20-18-16(5,6)10-15(2,3)4/h7-9,18H,10H2,1-6H3. The Kier molecular flexibility index (Phi) is 4.47. The fraction of sp³-hybridized carbons (Fsp3) is 0.562. The van der Waals surface area contributed by atoms with Gasteiger partial charge in [0.25, 0.3) is 0 Å². The lowest BCUT2D eigenvalue weighted by Crippen LogP contribution is -2.38. The molecule has 1 heterocycles. The van der Waals surface area contributed by atoms with Crippen LogP contribution in [0.5, 0.6) is 0 Å². The maximum absolute atomic E-state index is 4.73. The summed E-state index contributed by atoms with van der Waals surface area (Å²) in [5.74, 6) is 0. The van der Waals surface area contributed by atoms with Crippen molar-refractivity contribution in [1.29, 1.82) is 0 Å². The number of aryl methyl sites for hydroxylation is 1. The lowest BCUT2D eigenvalue weighted by atomic mass is 9.82. The molecule has 4 heteroatoms. The van der Waals surface area contributed by atoms with E-state index in [-0.39, 0.29) is 5.54 Å². The molecule has 0 aliphatic heterocycles. The van der Waals surface area contributed by atoms with Crippen LogP contribution in [-0.2, 0) is 0 Å². The van der Waals surface area contributed by atoms with Crippen molar-refractivity contribution >= 4 is 33.5 Å². The Labute approximate surface area is 130 Å². The summed E-state index contributed by atoms with van der Waals surface area (Å²) in [6.07, 6.45) is 1.12. The average Bonchev–Trinajstić information content (AvgIpc) is 2.68. The van der Waals surface area contributed by atoms with E-state index in [0.29, 0.717) is 5.41 Å². The van der Waals surface area contributed by atoms with Crippen LogP contribution in [0.3, 0.4) is 0 Å². The Hall–Kier alpha value is -0.580. The van der Waals surface area contributed by atoms with Crippen molar-refractivity contribution < 1.29 is 0 Å². The van der Waals surface area contributed by atoms with Crippen LogP contribution in [0.1, 0.15) is 46.6 Å². The van der Waals surface area contributed by atoms with Crippen LogP contribution in [0.25, 0.3) is 10.2 Å². The second-order valence-corrected chi connectivity index (χ2v) is 9.31. The van der Waals surface area contributed by atoms with Crippen LogP contribution in [0.2, 0.25) is 0 Å². The molecule has 20 heavy (non-hydrogen) atoms. The molecule has 0 atom stereocenters. The lowest BCUT2D eigenvalue weighted by Gasteiger charge is -2.32. The van der Waals surface area contributed by atoms with E-state index in [0.717, 1.165) is 16.3 Å². The van der Waals surface area contributed by atoms with Gasteiger partial charge in [0.1, 0.15) is 0 Å². The fourth-order valence-electron chi connectivity index (χ4n) is 2.65. The van der Waals surface area contributed by atoms with Gasteiger partial charge in [0.05, 0.1) is 10.2 Å². The molecule has 1 aromatic carbocycles. The molecule has 2 nitrogen and oxygen atoms in total. The normalized spacial score (nSPS) is 13.1. The van der Waals surface area contributed by atoms with E-state index in [1.165, 1.54) is 10.3 Å². The number of para-hydroxylation sites is 1. The Morgan fingerprint density at radius 1 is 1.20 bits per heavy atom. The molecule has 0 saturated carbocycles. The van der Waals surface area contributed by atoms with Crippen molar-refractivity contribution in [3.8, 4) is 0 Å². The molecule has 2 rings (SSSR count). The average molecular weight is 309 g/mol. The molecule has 0 unspecified atom stereocenters. The predicted molar refractivity (Wildman–Crippen MR) is 91.5 cm³/mol. The van der Waals surface area contributed by atoms with Crippen LogP contribution >= 0.6 is 23.3 Å². The number of nitrogens with one attached hydrogen (secondary N) is 1. The smallest absolute Gasteiger partial charge is 0.166 e. The molecule has 0 radical (unpaired) electrons. The summed E-state index contributed by atoms with van der Waals surface area (Å²) in [5, 5.41) is 0. The minimum atomic E-state index is 0.0931. The number of hydrogen-bond acceptors (Lipinski definition) is 4. The van der Waals surface area contributed by atoms with Crippen molar-refractivity contribution in [1.82, 2.24) is 9.71 Å². The number of benzene rings is 1. The van der Waals surface area contributed by atoms with Gasteiger partial charge in [-0.25, -0.2) is 4.98 Å². The third-order valence-corrected chi connectivity index (χ3v) is 5.22. The quantitative estimate of drug-likeness (QED) is 0.764. The van der Waals surface area contributed by atoms with Gasteiger partial charge in [-0.1, -0.05) is 32.9 Å².